The van der Waals surface area contributed by atoms with Gasteiger partial charge in [0.1, 0.15) is 0 Å². The number of fused-ring (bicyclic) bond motifs is 21. The van der Waals surface area contributed by atoms with Gasteiger partial charge in [-0.15, -0.1) is 0 Å². The van der Waals surface area contributed by atoms with Gasteiger partial charge in [0.05, 0.1) is 0 Å². The lowest BCUT2D eigenvalue weighted by Crippen LogP contribution is -2.12. The van der Waals surface area contributed by atoms with Crippen molar-refractivity contribution >= 4 is 183 Å². The molecule has 0 heterocycles. The van der Waals surface area contributed by atoms with Crippen molar-refractivity contribution in [1.82, 2.24) is 0 Å². The zero-order valence-electron chi connectivity index (χ0n) is 82.4. The second kappa shape index (κ2) is 31.6. The van der Waals surface area contributed by atoms with Crippen molar-refractivity contribution in [1.29, 1.82) is 0 Å². The van der Waals surface area contributed by atoms with E-state index in [1.807, 2.05) is 0 Å². The predicted octanol–water partition coefficient (Wildman–Crippen LogP) is 40.9. The zero-order valence-corrected chi connectivity index (χ0v) is 82.4. The molecule has 0 radical (unpaired) electrons. The van der Waals surface area contributed by atoms with E-state index in [0.717, 1.165) is 0 Å². The van der Waals surface area contributed by atoms with Gasteiger partial charge in [0.25, 0.3) is 0 Å². The molecule has 0 saturated carbocycles. The minimum absolute atomic E-state index is 0.00616. The van der Waals surface area contributed by atoms with Crippen LogP contribution in [0.25, 0.3) is 283 Å². The van der Waals surface area contributed by atoms with Crippen molar-refractivity contribution in [2.75, 3.05) is 0 Å². The van der Waals surface area contributed by atoms with E-state index < -0.39 is 0 Å². The van der Waals surface area contributed by atoms with Gasteiger partial charge in [-0.25, -0.2) is 0 Å². The first-order valence-electron chi connectivity index (χ1n) is 50.7. The highest BCUT2D eigenvalue weighted by molar-refractivity contribution is 6.43. The fourth-order valence-electron chi connectivity index (χ4n) is 24.8. The molecule has 0 fully saturated rings. The summed E-state index contributed by atoms with van der Waals surface area (Å²) in [6, 6.07) is 162. The summed E-state index contributed by atoms with van der Waals surface area (Å²) in [5.74, 6) is 0. The number of benzene rings is 24. The van der Waals surface area contributed by atoms with Crippen LogP contribution in [0.5, 0.6) is 0 Å². The Morgan fingerprint density at radius 3 is 0.817 bits per heavy atom. The van der Waals surface area contributed by atoms with E-state index >= 15 is 0 Å². The summed E-state index contributed by atoms with van der Waals surface area (Å²) in [5, 5.41) is 44.4. The van der Waals surface area contributed by atoms with Crippen LogP contribution in [0.4, 0.5) is 0 Å². The molecule has 0 aliphatic rings. The predicted molar refractivity (Wildman–Crippen MR) is 619 cm³/mol. The summed E-state index contributed by atoms with van der Waals surface area (Å²) >= 11 is 0. The van der Waals surface area contributed by atoms with Crippen LogP contribution >= 0.6 is 0 Å². The Hall–Kier alpha value is -16.4. The molecule has 0 aliphatic heterocycles. The van der Waals surface area contributed by atoms with Crippen molar-refractivity contribution in [2.24, 2.45) is 0 Å². The molecule has 674 valence electrons. The third-order valence-electron chi connectivity index (χ3n) is 31.9. The molecule has 0 unspecified atom stereocenters. The van der Waals surface area contributed by atoms with E-state index in [2.05, 4.69) is 508 Å². The number of hydrogen-bond donors (Lipinski definition) is 0. The smallest absolute Gasteiger partial charge is 0.00199 e. The Bertz CT molecular complexity index is 9950. The molecule has 0 N–H and O–H groups in total. The minimum atomic E-state index is -0.0423. The molecular formula is C142H106. The van der Waals surface area contributed by atoms with Crippen molar-refractivity contribution in [3.63, 3.8) is 0 Å². The normalized spacial score (nSPS) is 12.6. The zero-order chi connectivity index (χ0) is 95.8. The summed E-state index contributed by atoms with van der Waals surface area (Å²) in [6.45, 7) is 27.9. The van der Waals surface area contributed by atoms with Crippen molar-refractivity contribution < 1.29 is 0 Å². The lowest BCUT2D eigenvalue weighted by Gasteiger charge is -2.24. The Kier molecular flexibility index (Phi) is 18.9. The topological polar surface area (TPSA) is 0 Å². The molecule has 0 heteroatoms. The van der Waals surface area contributed by atoms with Crippen LogP contribution < -0.4 is 0 Å². The average molecular weight is 1810 g/mol. The summed E-state index contributed by atoms with van der Waals surface area (Å²) in [4.78, 5) is 0. The lowest BCUT2D eigenvalue weighted by atomic mass is 9.80. The second-order valence-electron chi connectivity index (χ2n) is 44.3. The van der Waals surface area contributed by atoms with Crippen molar-refractivity contribution in [3.05, 3.63) is 447 Å². The Balaban J connectivity index is 0.000000142. The minimum Gasteiger partial charge on any atom is -0.0622 e. The van der Waals surface area contributed by atoms with Crippen LogP contribution in [0.1, 0.15) is 105 Å². The highest BCUT2D eigenvalue weighted by Crippen LogP contribution is 2.57. The molecule has 0 aromatic heterocycles. The molecule has 0 atom stereocenters. The van der Waals surface area contributed by atoms with Crippen molar-refractivity contribution in [3.8, 4) is 100 Å². The van der Waals surface area contributed by atoms with Gasteiger partial charge in [0.15, 0.2) is 0 Å². The van der Waals surface area contributed by atoms with Crippen LogP contribution in [-0.4, -0.2) is 0 Å². The molecule has 0 spiro atoms. The Morgan fingerprint density at radius 2 is 0.380 bits per heavy atom. The van der Waals surface area contributed by atoms with E-state index in [0.29, 0.717) is 0 Å². The van der Waals surface area contributed by atoms with Crippen molar-refractivity contribution in [2.45, 2.75) is 105 Å². The summed E-state index contributed by atoms with van der Waals surface area (Å²) in [5.41, 5.74) is 27.9. The maximum Gasteiger partial charge on any atom is -0.00199 e. The Labute approximate surface area is 828 Å². The SMILES string of the molecule is CC(C)(C)c1ccc(-c2ccc(C(C)(C)C)cc2-c2cc3c(cc4c5ccccc5c5cccc3c54)c3cc4c(cc23)c2ccc(-c3cc(C(C)(C)C)cc5ccc(C(C)(C)C)cc35)c3cccc4c32)cc1.c1ccc(-c2cccc(-c3ccccc3)c2-c2cc3c(cc4c5ccccc5c5cccc3c54)c3cc4c(cc23)c2ccc(-c3c(-c5ccccc5)cccc3-c3ccccc3)c3cccc4c32)cc1. The molecule has 0 bridgehead atoms. The van der Waals surface area contributed by atoms with Gasteiger partial charge < -0.3 is 0 Å². The second-order valence-corrected chi connectivity index (χ2v) is 44.3. The third-order valence-corrected chi connectivity index (χ3v) is 31.9. The molecule has 0 aliphatic carbocycles. The van der Waals surface area contributed by atoms with Crippen LogP contribution in [0.2, 0.25) is 0 Å². The maximum absolute atomic E-state index is 2.57. The van der Waals surface area contributed by atoms with Gasteiger partial charge in [0.2, 0.25) is 0 Å². The van der Waals surface area contributed by atoms with Gasteiger partial charge in [-0.3, -0.25) is 0 Å². The quantitative estimate of drug-likeness (QED) is 0.126. The Morgan fingerprint density at radius 1 is 0.113 bits per heavy atom. The van der Waals surface area contributed by atoms with Gasteiger partial charge in [-0.2, -0.15) is 0 Å². The molecule has 0 amide bonds. The summed E-state index contributed by atoms with van der Waals surface area (Å²) < 4.78 is 0. The van der Waals surface area contributed by atoms with Crippen LogP contribution in [0, 0.1) is 0 Å². The third kappa shape index (κ3) is 13.2. The van der Waals surface area contributed by atoms with Gasteiger partial charge in [0, 0.05) is 0 Å². The first kappa shape index (κ1) is 84.9. The number of rotatable bonds is 9. The molecule has 28 aromatic rings. The highest BCUT2D eigenvalue weighted by atomic mass is 14.3. The number of hydrogen-bond acceptors (Lipinski definition) is 0. The molecule has 0 saturated heterocycles. The van der Waals surface area contributed by atoms with Gasteiger partial charge >= 0.3 is 0 Å². The van der Waals surface area contributed by atoms with Gasteiger partial charge in [-0.1, -0.05) is 447 Å². The molecule has 142 heavy (non-hydrogen) atoms. The first-order valence-corrected chi connectivity index (χ1v) is 50.7. The summed E-state index contributed by atoms with van der Waals surface area (Å²) in [6.07, 6.45) is 0. The van der Waals surface area contributed by atoms with Gasteiger partial charge in [-0.05, 0) is 388 Å². The standard InChI is InChI=1S/C72H64.C70H42/c1-69(2,3)43-26-23-41(24-27-43)47-30-29-45(71(7,8)9)35-57(47)62-38-60-54-22-15-19-51-48-17-13-14-18-49(48)66(68(51)54)40-65(60)64-37-59-53-21-16-20-52-50(31-32-55(67(52)53)61(59)39-63(62)64)58-36-46(72(10,11)12)33-42-25-28-44(34-56(42)58)70(4,5)6;1-5-19-43(20-6-1)47-29-15-30-48(44-21-7-2-8-22-44)67(47)57-37-38-58-60-40-64-62(39-59(60)55-35-18-34-54(57)69(55)58)63-42-65-52-28-14-13-27-51(52)53-33-17-36-56(70(53)65)61(63)41-66(64)68-49(45-23-9-3-10-24-45)31-16-32-50(68)46-25-11-4-12-26-46/h13-40H,1-12H3;1-42H. The van der Waals surface area contributed by atoms with E-state index in [9.17, 15) is 0 Å². The molecule has 0 nitrogen and oxygen atoms in total. The van der Waals surface area contributed by atoms with E-state index in [4.69, 9.17) is 0 Å². The average Bonchev–Trinajstić information content (AvgIpc) is 1.69. The van der Waals surface area contributed by atoms with E-state index in [1.165, 1.54) is 306 Å². The monoisotopic (exact) mass is 1810 g/mol. The molecule has 28 rings (SSSR count). The van der Waals surface area contributed by atoms with Crippen LogP contribution in [0.15, 0.2) is 425 Å². The van der Waals surface area contributed by atoms with E-state index in [-0.39, 0.29) is 21.7 Å². The maximum atomic E-state index is 2.57. The van der Waals surface area contributed by atoms with Crippen LogP contribution in [-0.2, 0) is 21.7 Å². The fraction of sp³-hybridized carbons (Fsp3) is 0.113. The largest absolute Gasteiger partial charge is 0.0622 e. The fourth-order valence-corrected chi connectivity index (χ4v) is 24.8. The highest BCUT2D eigenvalue weighted by Gasteiger charge is 2.31. The van der Waals surface area contributed by atoms with Crippen LogP contribution in [0.3, 0.4) is 0 Å². The summed E-state index contributed by atoms with van der Waals surface area (Å²) in [7, 11) is 0. The lowest BCUT2D eigenvalue weighted by molar-refractivity contribution is 0.589. The molecular weight excluding hydrogens is 1710 g/mol. The first-order chi connectivity index (χ1) is 69.0. The molecule has 28 aromatic carbocycles. The van der Waals surface area contributed by atoms with E-state index in [1.54, 1.807) is 0 Å².